The monoisotopic (exact) mass is 1560 g/mol. The Kier molecular flexibility index (Phi) is 47.9. The molecule has 0 bridgehead atoms. The number of Topliss-reactive ketones (excluding diaryl/α,β-unsaturated/α-hetero) is 2. The molecule has 0 aromatic carbocycles. The van der Waals surface area contributed by atoms with Gasteiger partial charge in [0.2, 0.25) is 53.2 Å². The van der Waals surface area contributed by atoms with Crippen LogP contribution in [0.1, 0.15) is 183 Å². The van der Waals surface area contributed by atoms with Crippen LogP contribution >= 0.6 is 0 Å². The molecule has 15 atom stereocenters. The van der Waals surface area contributed by atoms with Crippen LogP contribution in [0.25, 0.3) is 0 Å². The minimum Gasteiger partial charge on any atom is -0.396 e. The summed E-state index contributed by atoms with van der Waals surface area (Å²) in [5, 5.41) is 116. The van der Waals surface area contributed by atoms with E-state index >= 15 is 0 Å². The lowest BCUT2D eigenvalue weighted by molar-refractivity contribution is -0.270. The van der Waals surface area contributed by atoms with Gasteiger partial charge in [0, 0.05) is 162 Å². The molecule has 18 N–H and O–H groups in total. The predicted octanol–water partition coefficient (Wildman–Crippen LogP) is -3.33. The van der Waals surface area contributed by atoms with Gasteiger partial charge in [-0.3, -0.25) is 52.7 Å². The molecule has 0 aromatic heterocycles. The number of ether oxygens (including phenoxy) is 7. The van der Waals surface area contributed by atoms with E-state index in [2.05, 4.69) is 47.9 Å². The Hall–Kier alpha value is -6.07. The molecular weight excluding hydrogens is 1430 g/mol. The van der Waals surface area contributed by atoms with Crippen LogP contribution in [0.2, 0.25) is 0 Å². The second-order valence-corrected chi connectivity index (χ2v) is 29.5. The minimum atomic E-state index is -1.46. The van der Waals surface area contributed by atoms with E-state index in [1.807, 2.05) is 0 Å². The van der Waals surface area contributed by atoms with E-state index in [0.717, 1.165) is 0 Å². The summed E-state index contributed by atoms with van der Waals surface area (Å²) in [5.74, 6) is -4.66. The van der Waals surface area contributed by atoms with E-state index in [0.29, 0.717) is 64.2 Å². The van der Waals surface area contributed by atoms with Gasteiger partial charge < -0.3 is 127 Å². The molecule has 3 fully saturated rings. The summed E-state index contributed by atoms with van der Waals surface area (Å²) in [6.45, 7) is 8.33. The van der Waals surface area contributed by atoms with Gasteiger partial charge in [-0.1, -0.05) is 20.8 Å². The molecule has 0 aromatic rings. The predicted molar refractivity (Wildman–Crippen MR) is 391 cm³/mol. The molecule has 36 nitrogen and oxygen atoms in total. The lowest BCUT2D eigenvalue weighted by Crippen LogP contribution is -2.64. The number of rotatable bonds is 57. The van der Waals surface area contributed by atoms with E-state index in [-0.39, 0.29) is 224 Å². The second kappa shape index (κ2) is 53.8. The van der Waals surface area contributed by atoms with Crippen molar-refractivity contribution in [1.82, 2.24) is 47.9 Å². The van der Waals surface area contributed by atoms with Gasteiger partial charge in [0.1, 0.15) is 53.7 Å². The van der Waals surface area contributed by atoms with Gasteiger partial charge >= 0.3 is 0 Å². The highest BCUT2D eigenvalue weighted by Gasteiger charge is 2.47. The number of hydrogen-bond donors (Lipinski definition) is 18. The van der Waals surface area contributed by atoms with E-state index in [1.54, 1.807) is 20.8 Å². The van der Waals surface area contributed by atoms with E-state index in [1.165, 1.54) is 20.8 Å². The first-order valence-electron chi connectivity index (χ1n) is 38.5. The summed E-state index contributed by atoms with van der Waals surface area (Å²) in [6, 6.07) is -2.82. The number of amides is 9. The number of unbranched alkanes of at least 4 members (excludes halogenated alkanes) is 4. The number of aliphatic hydroxyl groups is 9. The zero-order chi connectivity index (χ0) is 80.9. The molecular formula is C73H129N9O27. The topological polar surface area (TPSA) is 543 Å². The fourth-order valence-corrected chi connectivity index (χ4v) is 12.6. The average molecular weight is 1560 g/mol. The maximum atomic E-state index is 13.8. The highest BCUT2D eigenvalue weighted by molar-refractivity contribution is 5.84. The van der Waals surface area contributed by atoms with Crippen LogP contribution in [0.15, 0.2) is 0 Å². The van der Waals surface area contributed by atoms with E-state index in [9.17, 15) is 98.7 Å². The Morgan fingerprint density at radius 2 is 0.734 bits per heavy atom. The third-order valence-corrected chi connectivity index (χ3v) is 18.9. The van der Waals surface area contributed by atoms with Crippen LogP contribution in [-0.2, 0) is 85.9 Å². The highest BCUT2D eigenvalue weighted by atomic mass is 16.7. The third-order valence-electron chi connectivity index (χ3n) is 18.9. The molecule has 0 radical (unpaired) electrons. The summed E-state index contributed by atoms with van der Waals surface area (Å²) >= 11 is 0. The molecule has 15 unspecified atom stereocenters. The summed E-state index contributed by atoms with van der Waals surface area (Å²) in [4.78, 5) is 139. The van der Waals surface area contributed by atoms with Gasteiger partial charge in [0.05, 0.1) is 82.7 Å². The van der Waals surface area contributed by atoms with Crippen LogP contribution in [0, 0.1) is 17.3 Å². The van der Waals surface area contributed by atoms with Crippen molar-refractivity contribution in [1.29, 1.82) is 0 Å². The van der Waals surface area contributed by atoms with E-state index in [4.69, 9.17) is 33.2 Å². The average Bonchev–Trinajstić information content (AvgIpc) is 0.822. The first kappa shape index (κ1) is 97.1. The molecule has 3 aliphatic rings. The zero-order valence-corrected chi connectivity index (χ0v) is 64.6. The molecule has 109 heavy (non-hydrogen) atoms. The Bertz CT molecular complexity index is 2490. The minimum absolute atomic E-state index is 0.00354. The number of hydrogen-bond acceptors (Lipinski definition) is 27. The molecule has 1 saturated heterocycles. The number of nitrogens with one attached hydrogen (secondary N) is 9. The van der Waals surface area contributed by atoms with Crippen molar-refractivity contribution in [3.63, 3.8) is 0 Å². The van der Waals surface area contributed by atoms with Gasteiger partial charge in [0.15, 0.2) is 6.29 Å². The third kappa shape index (κ3) is 39.3. The van der Waals surface area contributed by atoms with Crippen molar-refractivity contribution in [3.8, 4) is 0 Å². The van der Waals surface area contributed by atoms with Crippen molar-refractivity contribution in [3.05, 3.63) is 0 Å². The first-order valence-corrected chi connectivity index (χ1v) is 38.5. The van der Waals surface area contributed by atoms with Crippen molar-refractivity contribution in [2.75, 3.05) is 112 Å². The molecule has 1 heterocycles. The van der Waals surface area contributed by atoms with Gasteiger partial charge in [-0.25, -0.2) is 0 Å². The number of aliphatic hydroxyl groups excluding tert-OH is 9. The quantitative estimate of drug-likeness (QED) is 0.0265. The first-order chi connectivity index (χ1) is 51.8. The molecule has 2 aliphatic carbocycles. The maximum absolute atomic E-state index is 13.8. The van der Waals surface area contributed by atoms with Crippen LogP contribution in [-0.4, -0.2) is 308 Å². The largest absolute Gasteiger partial charge is 0.396 e. The molecule has 1 aliphatic heterocycles. The zero-order valence-electron chi connectivity index (χ0n) is 64.6. The van der Waals surface area contributed by atoms with Crippen LogP contribution in [0.5, 0.6) is 0 Å². The summed E-state index contributed by atoms with van der Waals surface area (Å²) in [7, 11) is 0. The van der Waals surface area contributed by atoms with Crippen molar-refractivity contribution < 1.29 is 132 Å². The second-order valence-electron chi connectivity index (χ2n) is 29.5. The molecule has 628 valence electrons. The number of carbonyl (C=O) groups is 11. The van der Waals surface area contributed by atoms with Crippen LogP contribution in [0.3, 0.4) is 0 Å². The highest BCUT2D eigenvalue weighted by Crippen LogP contribution is 2.30. The van der Waals surface area contributed by atoms with Gasteiger partial charge in [-0.05, 0) is 83.5 Å². The van der Waals surface area contributed by atoms with E-state index < -0.39 is 132 Å². The van der Waals surface area contributed by atoms with Crippen molar-refractivity contribution in [2.45, 2.75) is 268 Å². The van der Waals surface area contributed by atoms with Crippen LogP contribution < -0.4 is 47.9 Å². The lowest BCUT2D eigenvalue weighted by Gasteiger charge is -2.42. The number of carbonyl (C=O) groups excluding carboxylic acids is 11. The van der Waals surface area contributed by atoms with Gasteiger partial charge in [0.25, 0.3) is 0 Å². The standard InChI is InChI=1S/C73H129N9O27/c1-46(86)79-62-52(38-49(40-83)65(97)68(62)100)106-32-13-9-21-56(91)75-28-16-30-77-59(94)25-36-104-44-73(82-61(96)23-15-20-55(90)72(4,5)6,43-103-35-24-58(93)74-27-11-7-18-51(89)19-8-12-34-108-71-64(81-48(3)88)70(102)67(99)54(42-85)109-71)45-105-37-26-60(95)78-31-17-29-76-57(92)22-10-14-33-107-53-39-50(41-84)66(98)69(101)63(53)80-47(2)87/h49-50,52-54,62-71,83-85,97-102H,7-45H2,1-6H3,(H,74,93)(H,75,91)(H,76,92)(H,77,94)(H,78,95)(H,79,86)(H,80,87)(H,81,88)(H,82,96). The Morgan fingerprint density at radius 3 is 1.13 bits per heavy atom. The van der Waals surface area contributed by atoms with Crippen molar-refractivity contribution >= 4 is 64.7 Å². The normalized spacial score (nSPS) is 24.7. The summed E-state index contributed by atoms with van der Waals surface area (Å²) in [6.07, 6.45) is -5.83. The Labute approximate surface area is 639 Å². The molecule has 36 heteroatoms. The van der Waals surface area contributed by atoms with Crippen LogP contribution in [0.4, 0.5) is 0 Å². The van der Waals surface area contributed by atoms with Gasteiger partial charge in [-0.15, -0.1) is 0 Å². The Balaban J connectivity index is 1.53. The van der Waals surface area contributed by atoms with Crippen molar-refractivity contribution in [2.24, 2.45) is 17.3 Å². The molecule has 9 amide bonds. The van der Waals surface area contributed by atoms with Gasteiger partial charge in [-0.2, -0.15) is 0 Å². The summed E-state index contributed by atoms with van der Waals surface area (Å²) in [5.41, 5.74) is -2.10. The maximum Gasteiger partial charge on any atom is 0.222 e. The fraction of sp³-hybridized carbons (Fsp3) is 0.849. The SMILES string of the molecule is CC(=O)NC1C(OCCCCC(=O)NCCCNC(=O)CCOCC(COCCC(=O)NCCCCC(=O)CCCCOC2OC(CO)C(O)C(O)C2NC(C)=O)(COCCC(=O)NCCCNC(=O)CCCCOC2CC(CO)C(O)C(O)C2NC(C)=O)NC(=O)CCCC(=O)C(C)(C)C)CC(CO)C(O)C1O. The lowest BCUT2D eigenvalue weighted by atomic mass is 9.79. The fourth-order valence-electron chi connectivity index (χ4n) is 12.6. The molecule has 0 spiro atoms. The summed E-state index contributed by atoms with van der Waals surface area (Å²) < 4.78 is 41.3. The smallest absolute Gasteiger partial charge is 0.222 e. The number of ketones is 2. The Morgan fingerprint density at radius 1 is 0.376 bits per heavy atom. The molecule has 2 saturated carbocycles. The molecule has 3 rings (SSSR count).